The van der Waals surface area contributed by atoms with Crippen molar-refractivity contribution in [3.05, 3.63) is 64.1 Å². The molecule has 5 nitrogen and oxygen atoms in total. The van der Waals surface area contributed by atoms with E-state index in [-0.39, 0.29) is 17.3 Å². The Bertz CT molecular complexity index is 1350. The Morgan fingerprint density at radius 2 is 1.72 bits per heavy atom. The van der Waals surface area contributed by atoms with Crippen LogP contribution in [0.4, 0.5) is 0 Å². The molecule has 0 unspecified atom stereocenters. The smallest absolute Gasteiger partial charge is 0.338 e. The molecule has 4 saturated carbocycles. The van der Waals surface area contributed by atoms with Crippen molar-refractivity contribution >= 4 is 34.9 Å². The molecule has 2 aromatic carbocycles. The number of carbonyl (C=O) groups excluding carboxylic acids is 2. The Hall–Kier alpha value is -2.86. The molecule has 6 heteroatoms. The fraction of sp³-hybridized carbons (Fsp3) is 0.485. The summed E-state index contributed by atoms with van der Waals surface area (Å²) in [6.45, 7) is 4.23. The predicted molar refractivity (Wildman–Crippen MR) is 157 cm³/mol. The maximum atomic E-state index is 13.1. The van der Waals surface area contributed by atoms with Gasteiger partial charge in [-0.15, -0.1) is 0 Å². The maximum absolute atomic E-state index is 13.1. The predicted octanol–water partition coefficient (Wildman–Crippen LogP) is 7.06. The largest absolute Gasteiger partial charge is 0.462 e. The molecular formula is C33H36N2O3S. The molecular weight excluding hydrogens is 504 g/mol. The van der Waals surface area contributed by atoms with Crippen LogP contribution in [0.25, 0.3) is 17.2 Å². The first-order valence-corrected chi connectivity index (χ1v) is 15.5. The van der Waals surface area contributed by atoms with Gasteiger partial charge >= 0.3 is 5.97 Å². The SMILES string of the molecule is CCOC(=O)c1ccc(-c2cccc(C=C3SC(N4CCCC4)=NC3=O)c2)cc1C12CC3CC(CC(C3)C1)C2. The average molecular weight is 541 g/mol. The normalized spacial score (nSPS) is 30.3. The molecule has 4 aliphatic carbocycles. The molecule has 4 bridgehead atoms. The summed E-state index contributed by atoms with van der Waals surface area (Å²) in [6.07, 6.45) is 12.0. The number of amides is 1. The molecule has 8 rings (SSSR count). The minimum absolute atomic E-state index is 0.0860. The quantitative estimate of drug-likeness (QED) is 0.300. The highest BCUT2D eigenvalue weighted by Gasteiger charge is 2.52. The standard InChI is InChI=1S/C33H36N2O3S/c1-2-38-31(37)27-9-8-26(17-28(27)33-18-22-12-23(19-33)14-24(13-22)20-33)25-7-5-6-21(15-25)16-29-30(36)34-32(39-29)35-10-3-4-11-35/h5-9,15-17,22-24H,2-4,10-14,18-20H2,1H3. The maximum Gasteiger partial charge on any atom is 0.338 e. The van der Waals surface area contributed by atoms with Gasteiger partial charge in [0.25, 0.3) is 5.91 Å². The minimum atomic E-state index is -0.196. The van der Waals surface area contributed by atoms with Gasteiger partial charge in [-0.25, -0.2) is 4.79 Å². The molecule has 1 amide bonds. The number of rotatable bonds is 5. The monoisotopic (exact) mass is 540 g/mol. The zero-order valence-electron chi connectivity index (χ0n) is 22.7. The van der Waals surface area contributed by atoms with E-state index in [0.29, 0.717) is 11.5 Å². The number of amidine groups is 1. The zero-order valence-corrected chi connectivity index (χ0v) is 23.5. The third-order valence-electron chi connectivity index (χ3n) is 9.63. The molecule has 6 aliphatic rings. The van der Waals surface area contributed by atoms with Gasteiger partial charge in [-0.3, -0.25) is 4.79 Å². The van der Waals surface area contributed by atoms with E-state index in [0.717, 1.165) is 71.1 Å². The van der Waals surface area contributed by atoms with Crippen LogP contribution in [0.15, 0.2) is 52.4 Å². The molecule has 0 radical (unpaired) electrons. The molecule has 0 N–H and O–H groups in total. The molecule has 2 aliphatic heterocycles. The van der Waals surface area contributed by atoms with Crippen LogP contribution in [0.5, 0.6) is 0 Å². The lowest BCUT2D eigenvalue weighted by atomic mass is 9.47. The van der Waals surface area contributed by atoms with Crippen molar-refractivity contribution in [2.24, 2.45) is 22.7 Å². The van der Waals surface area contributed by atoms with Gasteiger partial charge in [-0.1, -0.05) is 24.3 Å². The summed E-state index contributed by atoms with van der Waals surface area (Å²) in [4.78, 5) is 33.0. The van der Waals surface area contributed by atoms with Gasteiger partial charge in [-0.05, 0) is 140 Å². The van der Waals surface area contributed by atoms with E-state index < -0.39 is 0 Å². The summed E-state index contributed by atoms with van der Waals surface area (Å²) in [5, 5.41) is 0.842. The van der Waals surface area contributed by atoms with Crippen molar-refractivity contribution in [2.75, 3.05) is 19.7 Å². The van der Waals surface area contributed by atoms with Crippen molar-refractivity contribution in [3.63, 3.8) is 0 Å². The number of hydrogen-bond donors (Lipinski definition) is 0. The van der Waals surface area contributed by atoms with Crippen molar-refractivity contribution in [1.29, 1.82) is 0 Å². The van der Waals surface area contributed by atoms with Crippen molar-refractivity contribution in [1.82, 2.24) is 4.90 Å². The molecule has 39 heavy (non-hydrogen) atoms. The third kappa shape index (κ3) is 4.65. The molecule has 5 fully saturated rings. The van der Waals surface area contributed by atoms with Crippen LogP contribution in [0.3, 0.4) is 0 Å². The Morgan fingerprint density at radius 1 is 1.03 bits per heavy atom. The molecule has 0 aromatic heterocycles. The molecule has 202 valence electrons. The number of nitrogens with zero attached hydrogens (tertiary/aromatic N) is 2. The fourth-order valence-electron chi connectivity index (χ4n) is 8.39. The summed E-state index contributed by atoms with van der Waals surface area (Å²) in [6, 6.07) is 14.7. The summed E-state index contributed by atoms with van der Waals surface area (Å²) in [5.41, 5.74) is 5.25. The van der Waals surface area contributed by atoms with Crippen molar-refractivity contribution < 1.29 is 14.3 Å². The van der Waals surface area contributed by atoms with Gasteiger partial charge in [0, 0.05) is 13.1 Å². The van der Waals surface area contributed by atoms with E-state index in [1.165, 1.54) is 55.9 Å². The summed E-state index contributed by atoms with van der Waals surface area (Å²) in [5.74, 6) is 2.03. The number of ether oxygens (including phenoxy) is 1. The van der Waals surface area contributed by atoms with Gasteiger partial charge in [0.1, 0.15) is 0 Å². The lowest BCUT2D eigenvalue weighted by molar-refractivity contribution is -0.113. The van der Waals surface area contributed by atoms with Crippen LogP contribution in [0.2, 0.25) is 0 Å². The highest BCUT2D eigenvalue weighted by molar-refractivity contribution is 8.18. The van der Waals surface area contributed by atoms with Crippen LogP contribution in [0, 0.1) is 17.8 Å². The Morgan fingerprint density at radius 3 is 2.41 bits per heavy atom. The third-order valence-corrected chi connectivity index (χ3v) is 10.7. The number of carbonyl (C=O) groups is 2. The van der Waals surface area contributed by atoms with E-state index in [1.54, 1.807) is 0 Å². The molecule has 2 heterocycles. The summed E-state index contributed by atoms with van der Waals surface area (Å²) < 4.78 is 5.53. The van der Waals surface area contributed by atoms with E-state index in [2.05, 4.69) is 40.2 Å². The van der Waals surface area contributed by atoms with Crippen molar-refractivity contribution in [2.45, 2.75) is 63.7 Å². The number of aliphatic imine (C=N–C) groups is 1. The summed E-state index contributed by atoms with van der Waals surface area (Å²) in [7, 11) is 0. The van der Waals surface area contributed by atoms with E-state index in [1.807, 2.05) is 25.1 Å². The molecule has 1 saturated heterocycles. The van der Waals surface area contributed by atoms with Gasteiger partial charge in [0.2, 0.25) is 0 Å². The highest BCUT2D eigenvalue weighted by Crippen LogP contribution is 2.61. The number of benzene rings is 2. The fourth-order valence-corrected chi connectivity index (χ4v) is 9.36. The lowest BCUT2D eigenvalue weighted by Gasteiger charge is -2.57. The van der Waals surface area contributed by atoms with Gasteiger partial charge in [0.15, 0.2) is 5.17 Å². The summed E-state index contributed by atoms with van der Waals surface area (Å²) >= 11 is 1.49. The minimum Gasteiger partial charge on any atom is -0.462 e. The van der Waals surface area contributed by atoms with Crippen LogP contribution >= 0.6 is 11.8 Å². The zero-order chi connectivity index (χ0) is 26.6. The van der Waals surface area contributed by atoms with Crippen molar-refractivity contribution in [3.8, 4) is 11.1 Å². The second kappa shape index (κ2) is 9.96. The topological polar surface area (TPSA) is 59.0 Å². The van der Waals surface area contributed by atoms with Crippen LogP contribution in [-0.2, 0) is 14.9 Å². The number of likely N-dealkylation sites (tertiary alicyclic amines) is 1. The molecule has 0 spiro atoms. The van der Waals surface area contributed by atoms with Gasteiger partial charge in [-0.2, -0.15) is 4.99 Å². The molecule has 0 atom stereocenters. The van der Waals surface area contributed by atoms with E-state index in [4.69, 9.17) is 4.74 Å². The second-order valence-corrected chi connectivity index (χ2v) is 13.3. The average Bonchev–Trinajstić information content (AvgIpc) is 3.58. The second-order valence-electron chi connectivity index (χ2n) is 12.3. The number of thioether (sulfide) groups is 1. The first-order chi connectivity index (χ1) is 19.0. The van der Waals surface area contributed by atoms with E-state index >= 15 is 0 Å². The Labute approximate surface area is 235 Å². The lowest BCUT2D eigenvalue weighted by Crippen LogP contribution is -2.49. The Kier molecular flexibility index (Phi) is 6.42. The van der Waals surface area contributed by atoms with Crippen LogP contribution in [-0.4, -0.2) is 41.6 Å². The number of esters is 1. The van der Waals surface area contributed by atoms with Crippen LogP contribution < -0.4 is 0 Å². The first-order valence-electron chi connectivity index (χ1n) is 14.7. The highest BCUT2D eigenvalue weighted by atomic mass is 32.2. The number of hydrogen-bond acceptors (Lipinski definition) is 5. The van der Waals surface area contributed by atoms with E-state index in [9.17, 15) is 9.59 Å². The first kappa shape index (κ1) is 25.1. The Balaban J connectivity index is 1.22. The van der Waals surface area contributed by atoms with Gasteiger partial charge < -0.3 is 9.64 Å². The van der Waals surface area contributed by atoms with Crippen LogP contribution in [0.1, 0.15) is 79.8 Å². The van der Waals surface area contributed by atoms with Gasteiger partial charge in [0.05, 0.1) is 17.1 Å². The molecule has 2 aromatic rings.